The predicted molar refractivity (Wildman–Crippen MR) is 64.8 cm³/mol. The Hall–Kier alpha value is -1.58. The summed E-state index contributed by atoms with van der Waals surface area (Å²) in [5, 5.41) is 2.73. The van der Waals surface area contributed by atoms with Crippen LogP contribution in [0, 0.1) is 5.82 Å². The first-order valence-electron chi connectivity index (χ1n) is 5.89. The first kappa shape index (κ1) is 13.5. The Kier molecular flexibility index (Phi) is 5.46. The fourth-order valence-corrected chi connectivity index (χ4v) is 1.40. The highest BCUT2D eigenvalue weighted by Crippen LogP contribution is 2.18. The van der Waals surface area contributed by atoms with Crippen molar-refractivity contribution >= 4 is 5.91 Å². The van der Waals surface area contributed by atoms with Crippen LogP contribution >= 0.6 is 0 Å². The van der Waals surface area contributed by atoms with Crippen LogP contribution in [0.3, 0.4) is 0 Å². The zero-order valence-corrected chi connectivity index (χ0v) is 10.3. The van der Waals surface area contributed by atoms with E-state index in [4.69, 9.17) is 4.74 Å². The summed E-state index contributed by atoms with van der Waals surface area (Å²) in [5.74, 6) is -0.576. The molecule has 17 heavy (non-hydrogen) atoms. The second kappa shape index (κ2) is 6.89. The van der Waals surface area contributed by atoms with Gasteiger partial charge in [0.05, 0.1) is 6.61 Å². The van der Waals surface area contributed by atoms with Gasteiger partial charge in [0, 0.05) is 12.1 Å². The molecule has 0 saturated heterocycles. The molecule has 0 heterocycles. The highest BCUT2D eigenvalue weighted by Gasteiger charge is 2.09. The lowest BCUT2D eigenvalue weighted by atomic mass is 10.2. The molecule has 1 aromatic rings. The quantitative estimate of drug-likeness (QED) is 0.775. The number of unbranched alkanes of at least 4 members (excludes halogenated alkanes) is 1. The number of rotatable bonds is 6. The predicted octanol–water partition coefficient (Wildman–Crippen LogP) is 2.75. The number of carbonyl (C=O) groups is 1. The van der Waals surface area contributed by atoms with Crippen molar-refractivity contribution in [1.29, 1.82) is 0 Å². The van der Waals surface area contributed by atoms with Gasteiger partial charge < -0.3 is 10.1 Å². The van der Waals surface area contributed by atoms with Gasteiger partial charge in [0.2, 0.25) is 0 Å². The molecule has 0 aliphatic carbocycles. The molecular weight excluding hydrogens is 221 g/mol. The van der Waals surface area contributed by atoms with E-state index in [1.54, 1.807) is 13.0 Å². The van der Waals surface area contributed by atoms with Gasteiger partial charge in [-0.3, -0.25) is 4.79 Å². The Balaban J connectivity index is 2.65. The Labute approximate surface area is 101 Å². The second-order valence-electron chi connectivity index (χ2n) is 3.69. The number of halogens is 1. The molecule has 0 radical (unpaired) electrons. The fraction of sp³-hybridized carbons (Fsp3) is 0.462. The molecule has 0 saturated carbocycles. The molecule has 1 rings (SSSR count). The topological polar surface area (TPSA) is 38.3 Å². The molecule has 3 nitrogen and oxygen atoms in total. The maximum absolute atomic E-state index is 13.5. The SMILES string of the molecule is CCCCNC(=O)c1ccc(OCC)c(F)c1. The monoisotopic (exact) mass is 239 g/mol. The highest BCUT2D eigenvalue weighted by atomic mass is 19.1. The number of ether oxygens (including phenoxy) is 1. The lowest BCUT2D eigenvalue weighted by Gasteiger charge is -2.07. The molecule has 94 valence electrons. The Bertz CT molecular complexity index is 380. The summed E-state index contributed by atoms with van der Waals surface area (Å²) in [7, 11) is 0. The van der Waals surface area contributed by atoms with E-state index in [1.165, 1.54) is 12.1 Å². The van der Waals surface area contributed by atoms with E-state index in [9.17, 15) is 9.18 Å². The van der Waals surface area contributed by atoms with Crippen LogP contribution in [0.2, 0.25) is 0 Å². The standard InChI is InChI=1S/C13H18FNO2/c1-3-5-8-15-13(16)10-6-7-12(17-4-2)11(14)9-10/h6-7,9H,3-5,8H2,1-2H3,(H,15,16). The van der Waals surface area contributed by atoms with Gasteiger partial charge in [-0.1, -0.05) is 13.3 Å². The molecule has 0 unspecified atom stereocenters. The molecule has 0 atom stereocenters. The highest BCUT2D eigenvalue weighted by molar-refractivity contribution is 5.94. The van der Waals surface area contributed by atoms with Crippen LogP contribution in [0.1, 0.15) is 37.0 Å². The molecule has 1 N–H and O–H groups in total. The largest absolute Gasteiger partial charge is 0.491 e. The average molecular weight is 239 g/mol. The Morgan fingerprint density at radius 1 is 1.41 bits per heavy atom. The summed E-state index contributed by atoms with van der Waals surface area (Å²) < 4.78 is 18.5. The molecule has 1 aromatic carbocycles. The minimum absolute atomic E-state index is 0.178. The van der Waals surface area contributed by atoms with Gasteiger partial charge in [0.15, 0.2) is 11.6 Å². The van der Waals surface area contributed by atoms with Gasteiger partial charge in [0.25, 0.3) is 5.91 Å². The minimum Gasteiger partial charge on any atom is -0.491 e. The van der Waals surface area contributed by atoms with E-state index in [1.807, 2.05) is 6.92 Å². The number of carbonyl (C=O) groups excluding carboxylic acids is 1. The van der Waals surface area contributed by atoms with Gasteiger partial charge in [-0.05, 0) is 31.5 Å². The Morgan fingerprint density at radius 3 is 2.76 bits per heavy atom. The van der Waals surface area contributed by atoms with Crippen LogP contribution in [0.5, 0.6) is 5.75 Å². The first-order chi connectivity index (χ1) is 8.19. The molecule has 4 heteroatoms. The zero-order valence-electron chi connectivity index (χ0n) is 10.3. The van der Waals surface area contributed by atoms with Crippen molar-refractivity contribution in [1.82, 2.24) is 5.32 Å². The van der Waals surface area contributed by atoms with E-state index in [-0.39, 0.29) is 11.7 Å². The average Bonchev–Trinajstić information content (AvgIpc) is 2.32. The third-order valence-electron chi connectivity index (χ3n) is 2.31. The minimum atomic E-state index is -0.505. The number of hydrogen-bond donors (Lipinski definition) is 1. The van der Waals surface area contributed by atoms with Crippen LogP contribution in [0.15, 0.2) is 18.2 Å². The third kappa shape index (κ3) is 4.06. The van der Waals surface area contributed by atoms with Crippen LogP contribution in [0.25, 0.3) is 0 Å². The van der Waals surface area contributed by atoms with Crippen molar-refractivity contribution in [3.63, 3.8) is 0 Å². The van der Waals surface area contributed by atoms with Crippen molar-refractivity contribution in [3.05, 3.63) is 29.6 Å². The molecular formula is C13H18FNO2. The molecule has 0 bridgehead atoms. The smallest absolute Gasteiger partial charge is 0.251 e. The maximum Gasteiger partial charge on any atom is 0.251 e. The number of amides is 1. The van der Waals surface area contributed by atoms with Crippen molar-refractivity contribution in [3.8, 4) is 5.75 Å². The third-order valence-corrected chi connectivity index (χ3v) is 2.31. The fourth-order valence-electron chi connectivity index (χ4n) is 1.40. The molecule has 0 aromatic heterocycles. The zero-order chi connectivity index (χ0) is 12.7. The molecule has 0 fully saturated rings. The van der Waals surface area contributed by atoms with E-state index in [2.05, 4.69) is 5.32 Å². The van der Waals surface area contributed by atoms with Crippen molar-refractivity contribution in [2.45, 2.75) is 26.7 Å². The first-order valence-corrected chi connectivity index (χ1v) is 5.89. The van der Waals surface area contributed by atoms with Gasteiger partial charge in [-0.2, -0.15) is 0 Å². The van der Waals surface area contributed by atoms with E-state index >= 15 is 0 Å². The lowest BCUT2D eigenvalue weighted by Crippen LogP contribution is -2.24. The van der Waals surface area contributed by atoms with Gasteiger partial charge in [0.1, 0.15) is 0 Å². The van der Waals surface area contributed by atoms with E-state index in [0.717, 1.165) is 12.8 Å². The van der Waals surface area contributed by atoms with Gasteiger partial charge in [-0.25, -0.2) is 4.39 Å². The van der Waals surface area contributed by atoms with Crippen molar-refractivity contribution < 1.29 is 13.9 Å². The number of hydrogen-bond acceptors (Lipinski definition) is 2. The van der Waals surface area contributed by atoms with Crippen LogP contribution in [-0.2, 0) is 0 Å². The van der Waals surface area contributed by atoms with Crippen LogP contribution < -0.4 is 10.1 Å². The van der Waals surface area contributed by atoms with Crippen molar-refractivity contribution in [2.24, 2.45) is 0 Å². The van der Waals surface area contributed by atoms with Gasteiger partial charge >= 0.3 is 0 Å². The Morgan fingerprint density at radius 2 is 2.18 bits per heavy atom. The second-order valence-corrected chi connectivity index (χ2v) is 3.69. The van der Waals surface area contributed by atoms with Crippen LogP contribution in [-0.4, -0.2) is 19.1 Å². The summed E-state index contributed by atoms with van der Waals surface area (Å²) in [6.07, 6.45) is 1.93. The molecule has 0 spiro atoms. The summed E-state index contributed by atoms with van der Waals surface area (Å²) in [4.78, 5) is 11.6. The molecule has 1 amide bonds. The normalized spacial score (nSPS) is 10.1. The maximum atomic E-state index is 13.5. The lowest BCUT2D eigenvalue weighted by molar-refractivity contribution is 0.0952. The summed E-state index contributed by atoms with van der Waals surface area (Å²) in [6, 6.07) is 4.25. The summed E-state index contributed by atoms with van der Waals surface area (Å²) >= 11 is 0. The summed E-state index contributed by atoms with van der Waals surface area (Å²) in [5.41, 5.74) is 0.321. The van der Waals surface area contributed by atoms with Gasteiger partial charge in [-0.15, -0.1) is 0 Å². The number of benzene rings is 1. The van der Waals surface area contributed by atoms with Crippen molar-refractivity contribution in [2.75, 3.05) is 13.2 Å². The summed E-state index contributed by atoms with van der Waals surface area (Å²) in [6.45, 7) is 4.84. The van der Waals surface area contributed by atoms with E-state index in [0.29, 0.717) is 18.7 Å². The molecule has 0 aliphatic heterocycles. The molecule has 0 aliphatic rings. The number of nitrogens with one attached hydrogen (secondary N) is 1. The van der Waals surface area contributed by atoms with E-state index < -0.39 is 5.82 Å². The van der Waals surface area contributed by atoms with Crippen LogP contribution in [0.4, 0.5) is 4.39 Å².